The lowest BCUT2D eigenvalue weighted by molar-refractivity contribution is 0.0992. The lowest BCUT2D eigenvalue weighted by Gasteiger charge is -2.05. The van der Waals surface area contributed by atoms with Gasteiger partial charge in [0.1, 0.15) is 5.75 Å². The highest BCUT2D eigenvalue weighted by Gasteiger charge is 2.09. The van der Waals surface area contributed by atoms with Crippen molar-refractivity contribution in [3.8, 4) is 5.75 Å². The molecule has 3 nitrogen and oxygen atoms in total. The van der Waals surface area contributed by atoms with E-state index in [1.165, 1.54) is 0 Å². The summed E-state index contributed by atoms with van der Waals surface area (Å²) in [5.41, 5.74) is 1.55. The third-order valence-corrected chi connectivity index (χ3v) is 3.48. The standard InChI is InChI=1S/C15H17NO2S/c1-3-8-18-14-6-4-12(5-7-14)15(17)9-13-10-19-11(2)16-13/h4-7,10H,3,8-9H2,1-2H3. The average molecular weight is 275 g/mol. The number of rotatable bonds is 6. The minimum Gasteiger partial charge on any atom is -0.494 e. The molecule has 100 valence electrons. The molecule has 0 aliphatic rings. The molecular formula is C15H17NO2S. The highest BCUT2D eigenvalue weighted by atomic mass is 32.1. The molecule has 0 spiro atoms. The van der Waals surface area contributed by atoms with Gasteiger partial charge in [0.2, 0.25) is 0 Å². The molecule has 2 rings (SSSR count). The first-order valence-electron chi connectivity index (χ1n) is 6.36. The van der Waals surface area contributed by atoms with Gasteiger partial charge in [0.15, 0.2) is 5.78 Å². The molecule has 1 aromatic carbocycles. The number of ketones is 1. The van der Waals surface area contributed by atoms with Crippen LogP contribution in [-0.4, -0.2) is 17.4 Å². The number of thiazole rings is 1. The molecule has 0 saturated heterocycles. The molecule has 0 radical (unpaired) electrons. The fourth-order valence-corrected chi connectivity index (χ4v) is 2.33. The van der Waals surface area contributed by atoms with Crippen molar-refractivity contribution < 1.29 is 9.53 Å². The van der Waals surface area contributed by atoms with E-state index in [1.54, 1.807) is 11.3 Å². The van der Waals surface area contributed by atoms with Crippen LogP contribution in [0.1, 0.15) is 34.4 Å². The van der Waals surface area contributed by atoms with Gasteiger partial charge in [-0.3, -0.25) is 4.79 Å². The second-order valence-corrected chi connectivity index (χ2v) is 5.39. The van der Waals surface area contributed by atoms with Crippen molar-refractivity contribution in [1.29, 1.82) is 0 Å². The number of ether oxygens (including phenoxy) is 1. The number of nitrogens with zero attached hydrogens (tertiary/aromatic N) is 1. The number of carbonyl (C=O) groups excluding carboxylic acids is 1. The van der Waals surface area contributed by atoms with Crippen molar-refractivity contribution >= 4 is 17.1 Å². The van der Waals surface area contributed by atoms with Crippen LogP contribution in [0, 0.1) is 6.92 Å². The number of carbonyl (C=O) groups is 1. The summed E-state index contributed by atoms with van der Waals surface area (Å²) in [5.74, 6) is 0.898. The van der Waals surface area contributed by atoms with Crippen molar-refractivity contribution in [3.63, 3.8) is 0 Å². The summed E-state index contributed by atoms with van der Waals surface area (Å²) >= 11 is 1.57. The Morgan fingerprint density at radius 2 is 2.05 bits per heavy atom. The molecule has 1 heterocycles. The zero-order valence-electron chi connectivity index (χ0n) is 11.2. The summed E-state index contributed by atoms with van der Waals surface area (Å²) in [6.45, 7) is 4.71. The molecule has 1 aromatic heterocycles. The van der Waals surface area contributed by atoms with Crippen LogP contribution < -0.4 is 4.74 Å². The third kappa shape index (κ3) is 3.89. The maximum absolute atomic E-state index is 12.1. The topological polar surface area (TPSA) is 39.2 Å². The van der Waals surface area contributed by atoms with E-state index in [0.717, 1.165) is 22.9 Å². The maximum atomic E-state index is 12.1. The number of hydrogen-bond donors (Lipinski definition) is 0. The molecule has 0 N–H and O–H groups in total. The largest absolute Gasteiger partial charge is 0.494 e. The monoisotopic (exact) mass is 275 g/mol. The highest BCUT2D eigenvalue weighted by molar-refractivity contribution is 7.09. The summed E-state index contributed by atoms with van der Waals surface area (Å²) < 4.78 is 5.49. The SMILES string of the molecule is CCCOc1ccc(C(=O)Cc2csc(C)n2)cc1. The second-order valence-electron chi connectivity index (χ2n) is 4.33. The first kappa shape index (κ1) is 13.7. The van der Waals surface area contributed by atoms with Crippen molar-refractivity contribution in [1.82, 2.24) is 4.98 Å². The molecular weight excluding hydrogens is 258 g/mol. The Kier molecular flexibility index (Phi) is 4.68. The van der Waals surface area contributed by atoms with E-state index in [-0.39, 0.29) is 5.78 Å². The molecule has 19 heavy (non-hydrogen) atoms. The summed E-state index contributed by atoms with van der Waals surface area (Å²) in [6, 6.07) is 7.31. The molecule has 0 unspecified atom stereocenters. The zero-order chi connectivity index (χ0) is 13.7. The smallest absolute Gasteiger partial charge is 0.168 e. The summed E-state index contributed by atoms with van der Waals surface area (Å²) in [6.07, 6.45) is 1.34. The first-order valence-corrected chi connectivity index (χ1v) is 7.24. The molecule has 0 fully saturated rings. The molecule has 2 aromatic rings. The Morgan fingerprint density at radius 3 is 2.63 bits per heavy atom. The minimum atomic E-state index is 0.0901. The van der Waals surface area contributed by atoms with Crippen molar-refractivity contribution in [2.45, 2.75) is 26.7 Å². The van der Waals surface area contributed by atoms with Crippen LogP contribution in [0.15, 0.2) is 29.6 Å². The van der Waals surface area contributed by atoms with Crippen molar-refractivity contribution in [2.75, 3.05) is 6.61 Å². The van der Waals surface area contributed by atoms with Gasteiger partial charge in [-0.1, -0.05) is 6.92 Å². The zero-order valence-corrected chi connectivity index (χ0v) is 12.0. The van der Waals surface area contributed by atoms with E-state index in [0.29, 0.717) is 18.6 Å². The predicted molar refractivity (Wildman–Crippen MR) is 77.1 cm³/mol. The summed E-state index contributed by atoms with van der Waals surface area (Å²) in [7, 11) is 0. The van der Waals surface area contributed by atoms with E-state index in [4.69, 9.17) is 4.74 Å². The number of aromatic nitrogens is 1. The molecule has 0 saturated carbocycles. The second kappa shape index (κ2) is 6.48. The molecule has 0 atom stereocenters. The first-order chi connectivity index (χ1) is 9.19. The Bertz CT molecular complexity index is 546. The fraction of sp³-hybridized carbons (Fsp3) is 0.333. The van der Waals surface area contributed by atoms with Gasteiger partial charge in [-0.05, 0) is 37.6 Å². The Balaban J connectivity index is 1.99. The van der Waals surface area contributed by atoms with Gasteiger partial charge in [0.05, 0.1) is 23.7 Å². The Hall–Kier alpha value is -1.68. The lowest BCUT2D eigenvalue weighted by Crippen LogP contribution is -2.04. The van der Waals surface area contributed by atoms with Gasteiger partial charge in [-0.2, -0.15) is 0 Å². The lowest BCUT2D eigenvalue weighted by atomic mass is 10.1. The molecule has 4 heteroatoms. The number of benzene rings is 1. The van der Waals surface area contributed by atoms with E-state index in [9.17, 15) is 4.79 Å². The van der Waals surface area contributed by atoms with Crippen LogP contribution in [0.25, 0.3) is 0 Å². The van der Waals surface area contributed by atoms with E-state index in [2.05, 4.69) is 11.9 Å². The van der Waals surface area contributed by atoms with Crippen LogP contribution >= 0.6 is 11.3 Å². The third-order valence-electron chi connectivity index (χ3n) is 2.66. The van der Waals surface area contributed by atoms with E-state index >= 15 is 0 Å². The van der Waals surface area contributed by atoms with Gasteiger partial charge >= 0.3 is 0 Å². The fourth-order valence-electron chi connectivity index (χ4n) is 1.71. The number of hydrogen-bond acceptors (Lipinski definition) is 4. The highest BCUT2D eigenvalue weighted by Crippen LogP contribution is 2.15. The number of aryl methyl sites for hydroxylation is 1. The maximum Gasteiger partial charge on any atom is 0.168 e. The number of Topliss-reactive ketones (excluding diaryl/α,β-unsaturated/α-hetero) is 1. The predicted octanol–water partition coefficient (Wildman–Crippen LogP) is 3.67. The van der Waals surface area contributed by atoms with Crippen molar-refractivity contribution in [3.05, 3.63) is 45.9 Å². The van der Waals surface area contributed by atoms with Gasteiger partial charge < -0.3 is 4.74 Å². The normalized spacial score (nSPS) is 10.4. The summed E-state index contributed by atoms with van der Waals surface area (Å²) in [4.78, 5) is 16.4. The van der Waals surface area contributed by atoms with Crippen molar-refractivity contribution in [2.24, 2.45) is 0 Å². The van der Waals surface area contributed by atoms with Gasteiger partial charge in [-0.15, -0.1) is 11.3 Å². The van der Waals surface area contributed by atoms with E-state index < -0.39 is 0 Å². The quantitative estimate of drug-likeness (QED) is 0.755. The average Bonchev–Trinajstić information content (AvgIpc) is 2.82. The molecule has 0 bridgehead atoms. The van der Waals surface area contributed by atoms with Crippen LogP contribution in [0.4, 0.5) is 0 Å². The van der Waals surface area contributed by atoms with Gasteiger partial charge in [-0.25, -0.2) is 4.98 Å². The minimum absolute atomic E-state index is 0.0901. The van der Waals surface area contributed by atoms with Crippen LogP contribution in [0.3, 0.4) is 0 Å². The van der Waals surface area contributed by atoms with Crippen LogP contribution in [0.2, 0.25) is 0 Å². The van der Waals surface area contributed by atoms with Gasteiger partial charge in [0.25, 0.3) is 0 Å². The summed E-state index contributed by atoms with van der Waals surface area (Å²) in [5, 5.41) is 2.93. The molecule has 0 aliphatic heterocycles. The molecule has 0 amide bonds. The van der Waals surface area contributed by atoms with E-state index in [1.807, 2.05) is 36.6 Å². The van der Waals surface area contributed by atoms with Crippen LogP contribution in [0.5, 0.6) is 5.75 Å². The Labute approximate surface area is 117 Å². The molecule has 0 aliphatic carbocycles. The Morgan fingerprint density at radius 1 is 1.32 bits per heavy atom. The van der Waals surface area contributed by atoms with Gasteiger partial charge in [0, 0.05) is 10.9 Å². The van der Waals surface area contributed by atoms with Crippen LogP contribution in [-0.2, 0) is 6.42 Å².